The van der Waals surface area contributed by atoms with E-state index < -0.39 is 24.3 Å². The van der Waals surface area contributed by atoms with Gasteiger partial charge in [0, 0.05) is 60.1 Å². The minimum absolute atomic E-state index is 0.183. The maximum Gasteiger partial charge on any atom is 0.490 e. The predicted octanol–water partition coefficient (Wildman–Crippen LogP) is 5.70. The summed E-state index contributed by atoms with van der Waals surface area (Å²) in [6.07, 6.45) is -6.49. The number of fused-ring (bicyclic) bond motifs is 1. The molecule has 1 aliphatic rings. The SMILES string of the molecule is CN1Cc2c(Cl)cc(Cl)cc2[C@H](c2cccc(-c3cnc(NCCOCCOCCN)nc3)c2)C1.O=C(O)C(F)(F)F.O=C(O)C(F)(F)F. The van der Waals surface area contributed by atoms with Crippen molar-refractivity contribution in [2.75, 3.05) is 58.4 Å². The molecule has 1 atom stereocenters. The van der Waals surface area contributed by atoms with E-state index in [1.807, 2.05) is 24.5 Å². The van der Waals surface area contributed by atoms with Crippen LogP contribution in [0.3, 0.4) is 0 Å². The topological polar surface area (TPSA) is 160 Å². The molecule has 1 aromatic heterocycles. The standard InChI is InChI=1S/C26H31Cl2N5O2.2C2HF3O2/c1-33-16-23(22-12-21(27)13-25(28)24(22)17-33)19-4-2-3-18(11-19)20-14-31-26(32-15-20)30-6-8-35-10-9-34-7-5-29;2*3-2(4,5)1(6)7/h2-4,11-15,23H,5-10,16-17,29H2,1H3,(H,30,31,32);2*(H,6,7)/t23-;;/m0../s1. The Morgan fingerprint density at radius 1 is 0.939 bits per heavy atom. The maximum atomic E-state index is 10.6. The first-order chi connectivity index (χ1) is 22.9. The Balaban J connectivity index is 0.000000500. The Hall–Kier alpha value is -3.74. The zero-order chi connectivity index (χ0) is 36.8. The highest BCUT2D eigenvalue weighted by Gasteiger charge is 2.39. The van der Waals surface area contributed by atoms with Gasteiger partial charge in [-0.1, -0.05) is 47.5 Å². The molecule has 0 amide bonds. The molecular weight excluding hydrogens is 711 g/mol. The molecule has 2 aromatic carbocycles. The molecule has 0 saturated carbocycles. The van der Waals surface area contributed by atoms with E-state index >= 15 is 0 Å². The summed E-state index contributed by atoms with van der Waals surface area (Å²) in [4.78, 5) is 29.0. The molecule has 49 heavy (non-hydrogen) atoms. The summed E-state index contributed by atoms with van der Waals surface area (Å²) in [5, 5.41) is 18.8. The van der Waals surface area contributed by atoms with E-state index in [4.69, 9.17) is 58.2 Å². The predicted molar refractivity (Wildman–Crippen MR) is 169 cm³/mol. The minimum atomic E-state index is -5.08. The van der Waals surface area contributed by atoms with E-state index in [9.17, 15) is 26.3 Å². The summed E-state index contributed by atoms with van der Waals surface area (Å²) < 4.78 is 74.3. The molecule has 0 radical (unpaired) electrons. The number of carbonyl (C=O) groups is 2. The number of nitrogens with two attached hydrogens (primary N) is 1. The molecule has 2 heterocycles. The number of nitrogens with one attached hydrogen (secondary N) is 1. The van der Waals surface area contributed by atoms with Crippen molar-refractivity contribution in [1.29, 1.82) is 0 Å². The molecule has 5 N–H and O–H groups in total. The molecule has 0 unspecified atom stereocenters. The summed E-state index contributed by atoms with van der Waals surface area (Å²) in [7, 11) is 2.12. The summed E-state index contributed by atoms with van der Waals surface area (Å²) in [5.41, 5.74) is 11.0. The number of carboxylic acids is 2. The van der Waals surface area contributed by atoms with Crippen LogP contribution in [0.4, 0.5) is 32.3 Å². The van der Waals surface area contributed by atoms with Crippen LogP contribution in [0.15, 0.2) is 48.8 Å². The van der Waals surface area contributed by atoms with Gasteiger partial charge in [-0.15, -0.1) is 0 Å². The summed E-state index contributed by atoms with van der Waals surface area (Å²) >= 11 is 12.9. The molecule has 1 aliphatic heterocycles. The monoisotopic (exact) mass is 743 g/mol. The maximum absolute atomic E-state index is 10.6. The lowest BCUT2D eigenvalue weighted by Crippen LogP contribution is -2.31. The van der Waals surface area contributed by atoms with Crippen LogP contribution in [-0.4, -0.2) is 102 Å². The van der Waals surface area contributed by atoms with Gasteiger partial charge in [0.1, 0.15) is 0 Å². The highest BCUT2D eigenvalue weighted by molar-refractivity contribution is 6.35. The van der Waals surface area contributed by atoms with Crippen molar-refractivity contribution in [2.45, 2.75) is 24.8 Å². The number of ether oxygens (including phenoxy) is 2. The Labute approximate surface area is 286 Å². The van der Waals surface area contributed by atoms with Crippen molar-refractivity contribution < 1.29 is 55.6 Å². The van der Waals surface area contributed by atoms with E-state index in [2.05, 4.69) is 51.5 Å². The van der Waals surface area contributed by atoms with Gasteiger partial charge >= 0.3 is 24.3 Å². The van der Waals surface area contributed by atoms with Gasteiger partial charge in [0.05, 0.1) is 26.4 Å². The van der Waals surface area contributed by atoms with Crippen LogP contribution in [0.1, 0.15) is 22.6 Å². The zero-order valence-corrected chi connectivity index (χ0v) is 27.3. The number of nitrogens with zero attached hydrogens (tertiary/aromatic N) is 3. The van der Waals surface area contributed by atoms with Gasteiger partial charge in [-0.2, -0.15) is 26.3 Å². The summed E-state index contributed by atoms with van der Waals surface area (Å²) in [5.74, 6) is -4.76. The van der Waals surface area contributed by atoms with Gasteiger partial charge in [-0.05, 0) is 41.4 Å². The second-order valence-electron chi connectivity index (χ2n) is 10.2. The van der Waals surface area contributed by atoms with Gasteiger partial charge in [-0.3, -0.25) is 0 Å². The summed E-state index contributed by atoms with van der Waals surface area (Å²) in [6.45, 7) is 5.04. The molecule has 4 rings (SSSR count). The van der Waals surface area contributed by atoms with E-state index in [-0.39, 0.29) is 5.92 Å². The van der Waals surface area contributed by atoms with Crippen molar-refractivity contribution in [3.63, 3.8) is 0 Å². The lowest BCUT2D eigenvalue weighted by molar-refractivity contribution is -0.193. The molecule has 0 aliphatic carbocycles. The fraction of sp³-hybridized carbons (Fsp3) is 0.400. The number of aliphatic carboxylic acids is 2. The molecule has 11 nitrogen and oxygen atoms in total. The number of anilines is 1. The quantitative estimate of drug-likeness (QED) is 0.141. The smallest absolute Gasteiger partial charge is 0.475 e. The Bertz CT molecular complexity index is 1490. The Kier molecular flexibility index (Phi) is 16.4. The Morgan fingerprint density at radius 3 is 2.06 bits per heavy atom. The van der Waals surface area contributed by atoms with Gasteiger partial charge in [0.25, 0.3) is 0 Å². The average Bonchev–Trinajstić information content (AvgIpc) is 3.02. The van der Waals surface area contributed by atoms with Crippen LogP contribution in [0, 0.1) is 0 Å². The van der Waals surface area contributed by atoms with Crippen LogP contribution >= 0.6 is 23.2 Å². The highest BCUT2D eigenvalue weighted by Crippen LogP contribution is 2.39. The second kappa shape index (κ2) is 19.4. The van der Waals surface area contributed by atoms with Crippen LogP contribution < -0.4 is 11.1 Å². The van der Waals surface area contributed by atoms with Crippen LogP contribution in [-0.2, 0) is 25.6 Å². The third kappa shape index (κ3) is 14.3. The fourth-order valence-electron chi connectivity index (χ4n) is 4.27. The van der Waals surface area contributed by atoms with Crippen molar-refractivity contribution in [3.05, 3.63) is 75.5 Å². The third-order valence-corrected chi connectivity index (χ3v) is 6.97. The lowest BCUT2D eigenvalue weighted by atomic mass is 9.84. The van der Waals surface area contributed by atoms with E-state index in [0.717, 1.165) is 34.8 Å². The third-order valence-electron chi connectivity index (χ3n) is 6.42. The van der Waals surface area contributed by atoms with Crippen molar-refractivity contribution in [2.24, 2.45) is 5.73 Å². The second-order valence-corrected chi connectivity index (χ2v) is 11.0. The van der Waals surface area contributed by atoms with Crippen molar-refractivity contribution in [1.82, 2.24) is 14.9 Å². The largest absolute Gasteiger partial charge is 0.490 e. The van der Waals surface area contributed by atoms with Gasteiger partial charge in [-0.25, -0.2) is 19.6 Å². The van der Waals surface area contributed by atoms with E-state index in [0.29, 0.717) is 50.5 Å². The average molecular weight is 745 g/mol. The van der Waals surface area contributed by atoms with Crippen LogP contribution in [0.2, 0.25) is 10.0 Å². The normalized spacial score (nSPS) is 14.4. The van der Waals surface area contributed by atoms with Gasteiger partial charge < -0.3 is 35.6 Å². The van der Waals surface area contributed by atoms with Crippen molar-refractivity contribution in [3.8, 4) is 11.1 Å². The number of aromatic nitrogens is 2. The van der Waals surface area contributed by atoms with Crippen molar-refractivity contribution >= 4 is 41.1 Å². The number of hydrogen-bond acceptors (Lipinski definition) is 9. The van der Waals surface area contributed by atoms with E-state index in [1.165, 1.54) is 11.1 Å². The number of alkyl halides is 6. The molecule has 0 spiro atoms. The number of likely N-dealkylation sites (N-methyl/N-ethyl adjacent to an activating group) is 1. The van der Waals surface area contributed by atoms with E-state index in [1.54, 1.807) is 0 Å². The number of hydrogen-bond donors (Lipinski definition) is 4. The minimum Gasteiger partial charge on any atom is -0.475 e. The molecular formula is C30H33Cl2F6N5O6. The number of rotatable bonds is 11. The first-order valence-corrected chi connectivity index (χ1v) is 15.0. The number of carboxylic acid groups (broad SMARTS) is 2. The molecule has 270 valence electrons. The van der Waals surface area contributed by atoms with Crippen LogP contribution in [0.25, 0.3) is 11.1 Å². The van der Waals surface area contributed by atoms with Gasteiger partial charge in [0.2, 0.25) is 5.95 Å². The molecule has 0 saturated heterocycles. The first-order valence-electron chi connectivity index (χ1n) is 14.2. The highest BCUT2D eigenvalue weighted by atomic mass is 35.5. The molecule has 0 bridgehead atoms. The first kappa shape index (κ1) is 41.4. The zero-order valence-electron chi connectivity index (χ0n) is 25.8. The summed E-state index contributed by atoms with van der Waals surface area (Å²) in [6, 6.07) is 12.4. The van der Waals surface area contributed by atoms with Crippen LogP contribution in [0.5, 0.6) is 0 Å². The fourth-order valence-corrected chi connectivity index (χ4v) is 4.84. The van der Waals surface area contributed by atoms with Gasteiger partial charge in [0.15, 0.2) is 0 Å². The number of halogens is 8. The molecule has 0 fully saturated rings. The molecule has 3 aromatic rings. The molecule has 19 heteroatoms. The lowest BCUT2D eigenvalue weighted by Gasteiger charge is -2.33. The Morgan fingerprint density at radius 2 is 1.51 bits per heavy atom. The number of benzene rings is 2.